The number of benzene rings is 1. The average Bonchev–Trinajstić information content (AvgIpc) is 2.83. The monoisotopic (exact) mass is 316 g/mol. The Labute approximate surface area is 133 Å². The summed E-state index contributed by atoms with van der Waals surface area (Å²) in [6.07, 6.45) is 6.37. The number of hydrogen-bond acceptors (Lipinski definition) is 2. The van der Waals surface area contributed by atoms with Crippen molar-refractivity contribution in [3.63, 3.8) is 0 Å². The van der Waals surface area contributed by atoms with Gasteiger partial charge in [-0.1, -0.05) is 38.8 Å². The molecule has 0 N–H and O–H groups in total. The summed E-state index contributed by atoms with van der Waals surface area (Å²) < 4.78 is 7.67. The molecule has 0 bridgehead atoms. The number of thiophene rings is 1. The SMILES string of the molecule is C#C[C@H](Cc1ccc2ccsc2c1)O[Si](C)(C)C(C)(C)C. The molecule has 112 valence electrons. The largest absolute Gasteiger partial charge is 0.403 e. The molecular formula is C18H24OSSi. The molecule has 0 fully saturated rings. The topological polar surface area (TPSA) is 9.23 Å². The van der Waals surface area contributed by atoms with Crippen LogP contribution < -0.4 is 0 Å². The Morgan fingerprint density at radius 2 is 2.00 bits per heavy atom. The normalized spacial score (nSPS) is 14.1. The lowest BCUT2D eigenvalue weighted by molar-refractivity contribution is 0.234. The summed E-state index contributed by atoms with van der Waals surface area (Å²) in [5, 5.41) is 3.60. The quantitative estimate of drug-likeness (QED) is 0.537. The number of rotatable bonds is 4. The first kappa shape index (κ1) is 16.3. The number of terminal acetylenes is 1. The minimum Gasteiger partial charge on any atom is -0.403 e. The van der Waals surface area contributed by atoms with Crippen molar-refractivity contribution in [1.82, 2.24) is 0 Å². The fourth-order valence-electron chi connectivity index (χ4n) is 2.01. The zero-order valence-electron chi connectivity index (χ0n) is 13.6. The van der Waals surface area contributed by atoms with Crippen LogP contribution in [0.5, 0.6) is 0 Å². The van der Waals surface area contributed by atoms with E-state index in [9.17, 15) is 0 Å². The highest BCUT2D eigenvalue weighted by Crippen LogP contribution is 2.37. The fourth-order valence-corrected chi connectivity index (χ4v) is 4.08. The average molecular weight is 317 g/mol. The van der Waals surface area contributed by atoms with Gasteiger partial charge < -0.3 is 4.43 Å². The second-order valence-corrected chi connectivity index (χ2v) is 12.7. The molecule has 3 heteroatoms. The van der Waals surface area contributed by atoms with E-state index in [0.29, 0.717) is 0 Å². The Morgan fingerprint density at radius 3 is 2.62 bits per heavy atom. The maximum atomic E-state index is 6.36. The smallest absolute Gasteiger partial charge is 0.193 e. The van der Waals surface area contributed by atoms with E-state index in [2.05, 4.69) is 69.4 Å². The highest BCUT2D eigenvalue weighted by atomic mass is 32.1. The third kappa shape index (κ3) is 3.77. The van der Waals surface area contributed by atoms with Crippen molar-refractivity contribution in [3.05, 3.63) is 35.2 Å². The van der Waals surface area contributed by atoms with Gasteiger partial charge in [0.1, 0.15) is 6.10 Å². The maximum absolute atomic E-state index is 6.36. The molecule has 2 aromatic rings. The van der Waals surface area contributed by atoms with Gasteiger partial charge in [0.2, 0.25) is 0 Å². The van der Waals surface area contributed by atoms with Gasteiger partial charge in [0.05, 0.1) is 0 Å². The van der Waals surface area contributed by atoms with Gasteiger partial charge in [-0.2, -0.15) is 0 Å². The lowest BCUT2D eigenvalue weighted by Crippen LogP contribution is -2.44. The molecule has 0 unspecified atom stereocenters. The van der Waals surface area contributed by atoms with Gasteiger partial charge in [0.25, 0.3) is 0 Å². The molecule has 0 aliphatic carbocycles. The minimum atomic E-state index is -1.82. The molecule has 1 aromatic heterocycles. The van der Waals surface area contributed by atoms with Gasteiger partial charge in [-0.05, 0) is 46.6 Å². The van der Waals surface area contributed by atoms with Crippen molar-refractivity contribution in [2.75, 3.05) is 0 Å². The molecule has 0 saturated heterocycles. The van der Waals surface area contributed by atoms with Gasteiger partial charge in [-0.25, -0.2) is 0 Å². The summed E-state index contributed by atoms with van der Waals surface area (Å²) in [6, 6.07) is 8.71. The van der Waals surface area contributed by atoms with Crippen LogP contribution in [0.4, 0.5) is 0 Å². The van der Waals surface area contributed by atoms with Gasteiger partial charge >= 0.3 is 0 Å². The zero-order chi connectivity index (χ0) is 15.7. The van der Waals surface area contributed by atoms with E-state index in [1.165, 1.54) is 15.6 Å². The van der Waals surface area contributed by atoms with Crippen molar-refractivity contribution in [2.45, 2.75) is 51.4 Å². The number of hydrogen-bond donors (Lipinski definition) is 0. The molecule has 0 aliphatic rings. The van der Waals surface area contributed by atoms with Crippen LogP contribution in [0.1, 0.15) is 26.3 Å². The molecule has 0 spiro atoms. The van der Waals surface area contributed by atoms with E-state index in [0.717, 1.165) is 6.42 Å². The third-order valence-electron chi connectivity index (χ3n) is 4.37. The molecule has 1 heterocycles. The fraction of sp³-hybridized carbons (Fsp3) is 0.444. The lowest BCUT2D eigenvalue weighted by Gasteiger charge is -2.38. The summed E-state index contributed by atoms with van der Waals surface area (Å²) in [6.45, 7) is 11.2. The summed E-state index contributed by atoms with van der Waals surface area (Å²) in [7, 11) is -1.82. The molecule has 0 saturated carbocycles. The van der Waals surface area contributed by atoms with E-state index in [-0.39, 0.29) is 11.1 Å². The van der Waals surface area contributed by atoms with Crippen molar-refractivity contribution in [1.29, 1.82) is 0 Å². The summed E-state index contributed by atoms with van der Waals surface area (Å²) in [5.74, 6) is 2.84. The summed E-state index contributed by atoms with van der Waals surface area (Å²) in [4.78, 5) is 0. The van der Waals surface area contributed by atoms with Gasteiger partial charge in [0, 0.05) is 11.1 Å². The van der Waals surface area contributed by atoms with Gasteiger partial charge in [0.15, 0.2) is 8.32 Å². The molecule has 1 atom stereocenters. The molecule has 2 rings (SSSR count). The van der Waals surface area contributed by atoms with Crippen LogP contribution in [0.15, 0.2) is 29.6 Å². The molecule has 1 aromatic carbocycles. The molecule has 0 radical (unpaired) electrons. The Morgan fingerprint density at radius 1 is 1.29 bits per heavy atom. The van der Waals surface area contributed by atoms with E-state index in [4.69, 9.17) is 10.8 Å². The standard InChI is InChI=1S/C18H24OSSi/c1-7-16(19-21(5,6)18(2,3)4)12-14-8-9-15-10-11-20-17(15)13-14/h1,8-11,13,16H,12H2,2-6H3/t16-/m1/s1. The highest BCUT2D eigenvalue weighted by molar-refractivity contribution is 7.17. The van der Waals surface area contributed by atoms with Crippen LogP contribution in [0.25, 0.3) is 10.1 Å². The van der Waals surface area contributed by atoms with Crippen LogP contribution in [-0.2, 0) is 10.8 Å². The van der Waals surface area contributed by atoms with Crippen molar-refractivity contribution < 1.29 is 4.43 Å². The van der Waals surface area contributed by atoms with Gasteiger partial charge in [-0.3, -0.25) is 0 Å². The van der Waals surface area contributed by atoms with Crippen LogP contribution in [0, 0.1) is 12.3 Å². The Kier molecular flexibility index (Phi) is 4.62. The zero-order valence-corrected chi connectivity index (χ0v) is 15.4. The molecule has 0 amide bonds. The van der Waals surface area contributed by atoms with E-state index in [1.54, 1.807) is 11.3 Å². The van der Waals surface area contributed by atoms with Crippen LogP contribution in [0.2, 0.25) is 18.1 Å². The Hall–Kier alpha value is -1.08. The predicted octanol–water partition coefficient (Wildman–Crippen LogP) is 5.47. The van der Waals surface area contributed by atoms with Gasteiger partial charge in [-0.15, -0.1) is 17.8 Å². The first-order chi connectivity index (χ1) is 9.73. The van der Waals surface area contributed by atoms with E-state index in [1.807, 2.05) is 0 Å². The first-order valence-corrected chi connectivity index (χ1v) is 11.1. The third-order valence-corrected chi connectivity index (χ3v) is 9.74. The maximum Gasteiger partial charge on any atom is 0.193 e. The minimum absolute atomic E-state index is 0.136. The van der Waals surface area contributed by atoms with Crippen LogP contribution in [-0.4, -0.2) is 14.4 Å². The van der Waals surface area contributed by atoms with E-state index >= 15 is 0 Å². The predicted molar refractivity (Wildman–Crippen MR) is 96.4 cm³/mol. The highest BCUT2D eigenvalue weighted by Gasteiger charge is 2.38. The molecular weight excluding hydrogens is 292 g/mol. The van der Waals surface area contributed by atoms with Crippen LogP contribution >= 0.6 is 11.3 Å². The van der Waals surface area contributed by atoms with Crippen molar-refractivity contribution >= 4 is 29.7 Å². The first-order valence-electron chi connectivity index (χ1n) is 7.33. The second kappa shape index (κ2) is 5.96. The van der Waals surface area contributed by atoms with Crippen LogP contribution in [0.3, 0.4) is 0 Å². The molecule has 1 nitrogen and oxygen atoms in total. The molecule has 0 aliphatic heterocycles. The van der Waals surface area contributed by atoms with Crippen molar-refractivity contribution in [2.24, 2.45) is 0 Å². The lowest BCUT2D eigenvalue weighted by atomic mass is 10.1. The summed E-state index contributed by atoms with van der Waals surface area (Å²) >= 11 is 1.77. The molecule has 21 heavy (non-hydrogen) atoms. The van der Waals surface area contributed by atoms with E-state index < -0.39 is 8.32 Å². The summed E-state index contributed by atoms with van der Waals surface area (Å²) in [5.41, 5.74) is 1.26. The Bertz CT molecular complexity index is 658. The number of fused-ring (bicyclic) bond motifs is 1. The Balaban J connectivity index is 2.14. The second-order valence-electron chi connectivity index (χ2n) is 7.03. The van der Waals surface area contributed by atoms with Crippen molar-refractivity contribution in [3.8, 4) is 12.3 Å².